The molecule has 3 aromatic carbocycles. The van der Waals surface area contributed by atoms with Gasteiger partial charge >= 0.3 is 0 Å². The molecule has 1 N–H and O–H groups in total. The molecule has 5 rings (SSSR count). The van der Waals surface area contributed by atoms with Gasteiger partial charge in [-0.05, 0) is 64.4 Å². The third-order valence-corrected chi connectivity index (χ3v) is 7.08. The van der Waals surface area contributed by atoms with E-state index in [4.69, 9.17) is 4.74 Å². The van der Waals surface area contributed by atoms with Crippen molar-refractivity contribution < 1.29 is 18.7 Å². The van der Waals surface area contributed by atoms with Crippen LogP contribution in [-0.2, 0) is 17.8 Å². The van der Waals surface area contributed by atoms with E-state index >= 15 is 0 Å². The van der Waals surface area contributed by atoms with E-state index in [0.29, 0.717) is 23.7 Å². The summed E-state index contributed by atoms with van der Waals surface area (Å²) >= 11 is 1.44. The molecule has 1 aromatic heterocycles. The Morgan fingerprint density at radius 1 is 1.00 bits per heavy atom. The Labute approximate surface area is 213 Å². The molecule has 5 nitrogen and oxygen atoms in total. The van der Waals surface area contributed by atoms with E-state index in [1.165, 1.54) is 23.5 Å². The molecule has 0 bridgehead atoms. The molecule has 36 heavy (non-hydrogen) atoms. The summed E-state index contributed by atoms with van der Waals surface area (Å²) in [5, 5.41) is 4.70. The number of carbonyl (C=O) groups excluding carboxylic acids is 2. The highest BCUT2D eigenvalue weighted by Gasteiger charge is 2.33. The highest BCUT2D eigenvalue weighted by Crippen LogP contribution is 2.38. The molecule has 0 aliphatic carbocycles. The van der Waals surface area contributed by atoms with E-state index in [1.54, 1.807) is 12.1 Å². The first-order valence-corrected chi connectivity index (χ1v) is 12.6. The van der Waals surface area contributed by atoms with Crippen molar-refractivity contribution in [3.63, 3.8) is 0 Å². The summed E-state index contributed by atoms with van der Waals surface area (Å²) < 4.78 is 18.9. The number of benzene rings is 3. The van der Waals surface area contributed by atoms with Crippen molar-refractivity contribution in [1.29, 1.82) is 0 Å². The van der Waals surface area contributed by atoms with Crippen molar-refractivity contribution in [1.82, 2.24) is 10.2 Å². The maximum Gasteiger partial charge on any atom is 0.264 e. The van der Waals surface area contributed by atoms with E-state index < -0.39 is 0 Å². The van der Waals surface area contributed by atoms with Crippen LogP contribution in [0.3, 0.4) is 0 Å². The van der Waals surface area contributed by atoms with Gasteiger partial charge in [-0.1, -0.05) is 54.6 Å². The number of rotatable bonds is 7. The topological polar surface area (TPSA) is 58.6 Å². The summed E-state index contributed by atoms with van der Waals surface area (Å²) in [5.41, 5.74) is 3.99. The second-order valence-electron chi connectivity index (χ2n) is 8.59. The lowest BCUT2D eigenvalue weighted by molar-refractivity contribution is -0.123. The summed E-state index contributed by atoms with van der Waals surface area (Å²) in [6.07, 6.45) is 0.744. The molecule has 1 atom stereocenters. The first kappa shape index (κ1) is 23.8. The van der Waals surface area contributed by atoms with Gasteiger partial charge in [0, 0.05) is 13.1 Å². The van der Waals surface area contributed by atoms with Gasteiger partial charge in [0.2, 0.25) is 0 Å². The fraction of sp³-hybridized carbons (Fsp3) is 0.172. The average Bonchev–Trinajstić information content (AvgIpc) is 3.46. The molecular formula is C29H25FN2O3S. The van der Waals surface area contributed by atoms with E-state index in [0.717, 1.165) is 28.7 Å². The van der Waals surface area contributed by atoms with E-state index in [-0.39, 0.29) is 30.3 Å². The molecule has 182 valence electrons. The van der Waals surface area contributed by atoms with Crippen LogP contribution >= 0.6 is 11.3 Å². The molecule has 0 saturated carbocycles. The minimum Gasteiger partial charge on any atom is -0.484 e. The van der Waals surface area contributed by atoms with Crippen LogP contribution in [0.1, 0.15) is 38.0 Å². The largest absolute Gasteiger partial charge is 0.484 e. The number of carbonyl (C=O) groups is 2. The van der Waals surface area contributed by atoms with Gasteiger partial charge in [-0.15, -0.1) is 11.3 Å². The van der Waals surface area contributed by atoms with Crippen molar-refractivity contribution in [2.24, 2.45) is 0 Å². The van der Waals surface area contributed by atoms with Crippen molar-refractivity contribution in [2.45, 2.75) is 19.0 Å². The predicted molar refractivity (Wildman–Crippen MR) is 138 cm³/mol. The SMILES string of the molecule is O=C(COc1ccc2c(c1)C(c1ccccc1)N(C(=O)c1cccs1)CC2)NCc1ccc(F)cc1. The maximum absolute atomic E-state index is 13.4. The van der Waals surface area contributed by atoms with Crippen LogP contribution in [0.2, 0.25) is 0 Å². The zero-order valence-corrected chi connectivity index (χ0v) is 20.3. The third-order valence-electron chi connectivity index (χ3n) is 6.23. The Bertz CT molecular complexity index is 1340. The fourth-order valence-electron chi connectivity index (χ4n) is 4.44. The maximum atomic E-state index is 13.4. The number of nitrogens with one attached hydrogen (secondary N) is 1. The number of nitrogens with zero attached hydrogens (tertiary/aromatic N) is 1. The average molecular weight is 501 g/mol. The van der Waals surface area contributed by atoms with Gasteiger partial charge in [-0.25, -0.2) is 4.39 Å². The molecule has 0 saturated heterocycles. The minimum absolute atomic E-state index is 0.0102. The smallest absolute Gasteiger partial charge is 0.264 e. The number of amides is 2. The summed E-state index contributed by atoms with van der Waals surface area (Å²) in [4.78, 5) is 28.4. The summed E-state index contributed by atoms with van der Waals surface area (Å²) in [5.74, 6) is -0.00975. The lowest BCUT2D eigenvalue weighted by Crippen LogP contribution is -2.40. The highest BCUT2D eigenvalue weighted by molar-refractivity contribution is 7.12. The van der Waals surface area contributed by atoms with Gasteiger partial charge in [0.25, 0.3) is 11.8 Å². The normalized spacial score (nSPS) is 14.7. The van der Waals surface area contributed by atoms with E-state index in [9.17, 15) is 14.0 Å². The summed E-state index contributed by atoms with van der Waals surface area (Å²) in [6.45, 7) is 0.769. The van der Waals surface area contributed by atoms with Crippen LogP contribution in [-0.4, -0.2) is 29.9 Å². The molecule has 7 heteroatoms. The zero-order chi connectivity index (χ0) is 24.9. The monoisotopic (exact) mass is 500 g/mol. The molecular weight excluding hydrogens is 475 g/mol. The number of ether oxygens (including phenoxy) is 1. The Morgan fingerprint density at radius 2 is 1.81 bits per heavy atom. The molecule has 1 aliphatic rings. The van der Waals surface area contributed by atoms with Crippen molar-refractivity contribution >= 4 is 23.2 Å². The van der Waals surface area contributed by atoms with Crippen molar-refractivity contribution in [3.8, 4) is 5.75 Å². The Morgan fingerprint density at radius 3 is 2.56 bits per heavy atom. The molecule has 2 heterocycles. The molecule has 2 amide bonds. The molecule has 0 radical (unpaired) electrons. The quantitative estimate of drug-likeness (QED) is 0.371. The van der Waals surface area contributed by atoms with Gasteiger partial charge in [-0.2, -0.15) is 0 Å². The van der Waals surface area contributed by atoms with E-state index in [2.05, 4.69) is 5.32 Å². The second-order valence-corrected chi connectivity index (χ2v) is 9.54. The minimum atomic E-state index is -0.315. The third kappa shape index (κ3) is 5.31. The molecule has 4 aromatic rings. The van der Waals surface area contributed by atoms with Gasteiger partial charge in [-0.3, -0.25) is 9.59 Å². The van der Waals surface area contributed by atoms with Crippen LogP contribution in [0.5, 0.6) is 5.75 Å². The number of halogens is 1. The van der Waals surface area contributed by atoms with Crippen LogP contribution in [0.15, 0.2) is 90.3 Å². The first-order chi connectivity index (χ1) is 17.6. The lowest BCUT2D eigenvalue weighted by Gasteiger charge is -2.37. The molecule has 1 aliphatic heterocycles. The number of hydrogen-bond acceptors (Lipinski definition) is 4. The zero-order valence-electron chi connectivity index (χ0n) is 19.5. The standard InChI is InChI=1S/C29H25FN2O3S/c30-23-11-8-20(9-12-23)18-31-27(33)19-35-24-13-10-21-14-15-32(29(34)26-7-4-16-36-26)28(25(21)17-24)22-5-2-1-3-6-22/h1-13,16-17,28H,14-15,18-19H2,(H,31,33). The number of hydrogen-bond donors (Lipinski definition) is 1. The number of fused-ring (bicyclic) bond motifs is 1. The second kappa shape index (κ2) is 10.7. The number of thiophene rings is 1. The van der Waals surface area contributed by atoms with Crippen LogP contribution < -0.4 is 10.1 Å². The molecule has 1 unspecified atom stereocenters. The lowest BCUT2D eigenvalue weighted by atomic mass is 9.88. The van der Waals surface area contributed by atoms with E-state index in [1.807, 2.05) is 70.9 Å². The Kier molecular flexibility index (Phi) is 7.09. The van der Waals surface area contributed by atoms with Crippen molar-refractivity contribution in [3.05, 3.63) is 123 Å². The van der Waals surface area contributed by atoms with Gasteiger partial charge in [0.1, 0.15) is 11.6 Å². The first-order valence-electron chi connectivity index (χ1n) is 11.7. The highest BCUT2D eigenvalue weighted by atomic mass is 32.1. The van der Waals surface area contributed by atoms with Crippen LogP contribution in [0, 0.1) is 5.82 Å². The van der Waals surface area contributed by atoms with Crippen LogP contribution in [0.4, 0.5) is 4.39 Å². The Balaban J connectivity index is 1.33. The van der Waals surface area contributed by atoms with Crippen LogP contribution in [0.25, 0.3) is 0 Å². The van der Waals surface area contributed by atoms with Gasteiger partial charge in [0.15, 0.2) is 6.61 Å². The van der Waals surface area contributed by atoms with Gasteiger partial charge < -0.3 is 15.0 Å². The fourth-order valence-corrected chi connectivity index (χ4v) is 5.12. The Hall–Kier alpha value is -3.97. The van der Waals surface area contributed by atoms with Crippen molar-refractivity contribution in [2.75, 3.05) is 13.2 Å². The van der Waals surface area contributed by atoms with Gasteiger partial charge in [0.05, 0.1) is 10.9 Å². The summed E-state index contributed by atoms with van der Waals surface area (Å²) in [6, 6.07) is 25.3. The summed E-state index contributed by atoms with van der Waals surface area (Å²) in [7, 11) is 0. The predicted octanol–water partition coefficient (Wildman–Crippen LogP) is 5.37. The molecule has 0 spiro atoms. The molecule has 0 fully saturated rings.